The summed E-state index contributed by atoms with van der Waals surface area (Å²) >= 11 is 12.4. The van der Waals surface area contributed by atoms with Crippen LogP contribution in [0.1, 0.15) is 31.2 Å². The molecule has 0 aliphatic carbocycles. The van der Waals surface area contributed by atoms with Gasteiger partial charge >= 0.3 is 6.18 Å². The zero-order chi connectivity index (χ0) is 22.3. The molecule has 1 saturated heterocycles. The molecule has 5 nitrogen and oxygen atoms in total. The summed E-state index contributed by atoms with van der Waals surface area (Å²) in [6.45, 7) is 2.94. The van der Waals surface area contributed by atoms with Crippen LogP contribution in [0, 0.1) is 12.3 Å². The molecule has 0 spiro atoms. The number of aromatic nitrogens is 2. The van der Waals surface area contributed by atoms with Gasteiger partial charge in [-0.15, -0.1) is 0 Å². The van der Waals surface area contributed by atoms with Gasteiger partial charge in [0.2, 0.25) is 0 Å². The minimum atomic E-state index is -4.39. The van der Waals surface area contributed by atoms with Crippen molar-refractivity contribution in [3.05, 3.63) is 39.6 Å². The van der Waals surface area contributed by atoms with Crippen LogP contribution in [-0.2, 0) is 6.61 Å². The van der Waals surface area contributed by atoms with Gasteiger partial charge in [-0.25, -0.2) is 9.97 Å². The number of hydrogen-bond acceptors (Lipinski definition) is 5. The van der Waals surface area contributed by atoms with E-state index in [0.717, 1.165) is 0 Å². The third kappa shape index (κ3) is 3.98. The van der Waals surface area contributed by atoms with Crippen molar-refractivity contribution in [2.24, 2.45) is 11.1 Å². The van der Waals surface area contributed by atoms with Crippen molar-refractivity contribution in [1.29, 1.82) is 0 Å². The average molecular weight is 463 g/mol. The maximum absolute atomic E-state index is 13.7. The lowest BCUT2D eigenvalue weighted by Gasteiger charge is -2.45. The van der Waals surface area contributed by atoms with Gasteiger partial charge in [-0.1, -0.05) is 35.3 Å². The summed E-state index contributed by atoms with van der Waals surface area (Å²) in [7, 11) is 0. The van der Waals surface area contributed by atoms with Gasteiger partial charge in [-0.05, 0) is 32.8 Å². The van der Waals surface area contributed by atoms with Crippen LogP contribution in [-0.4, -0.2) is 40.4 Å². The van der Waals surface area contributed by atoms with Gasteiger partial charge in [-0.3, -0.25) is 0 Å². The summed E-state index contributed by atoms with van der Waals surface area (Å²) < 4.78 is 41.1. The van der Waals surface area contributed by atoms with E-state index in [1.54, 1.807) is 30.0 Å². The van der Waals surface area contributed by atoms with Crippen LogP contribution in [0.3, 0.4) is 0 Å². The van der Waals surface area contributed by atoms with Crippen LogP contribution in [0.25, 0.3) is 11.3 Å². The number of rotatable bonds is 4. The Morgan fingerprint density at radius 2 is 1.87 bits per heavy atom. The number of aliphatic hydroxyl groups is 1. The van der Waals surface area contributed by atoms with Crippen molar-refractivity contribution in [2.45, 2.75) is 45.5 Å². The van der Waals surface area contributed by atoms with Crippen molar-refractivity contribution in [3.8, 4) is 11.3 Å². The van der Waals surface area contributed by atoms with Crippen LogP contribution >= 0.6 is 23.2 Å². The fourth-order valence-electron chi connectivity index (χ4n) is 3.96. The zero-order valence-corrected chi connectivity index (χ0v) is 18.1. The molecule has 164 valence electrons. The normalized spacial score (nSPS) is 17.8. The average Bonchev–Trinajstić information content (AvgIpc) is 2.69. The highest BCUT2D eigenvalue weighted by Gasteiger charge is 2.57. The van der Waals surface area contributed by atoms with E-state index >= 15 is 0 Å². The molecule has 1 fully saturated rings. The highest BCUT2D eigenvalue weighted by molar-refractivity contribution is 6.43. The van der Waals surface area contributed by atoms with Crippen molar-refractivity contribution in [1.82, 2.24) is 9.97 Å². The SMILES string of the molecule is Cc1nc(N2CCC([C@H](C)N)(C(F)(F)F)CC2)c(CO)nc1-c1cccc(Cl)c1Cl. The Morgan fingerprint density at radius 1 is 1.23 bits per heavy atom. The predicted molar refractivity (Wildman–Crippen MR) is 112 cm³/mol. The Bertz CT molecular complexity index is 929. The topological polar surface area (TPSA) is 75.3 Å². The molecule has 0 bridgehead atoms. The fourth-order valence-corrected chi connectivity index (χ4v) is 4.35. The van der Waals surface area contributed by atoms with Crippen molar-refractivity contribution in [2.75, 3.05) is 18.0 Å². The first-order valence-corrected chi connectivity index (χ1v) is 10.3. The van der Waals surface area contributed by atoms with Gasteiger partial charge in [0.25, 0.3) is 0 Å². The highest BCUT2D eigenvalue weighted by atomic mass is 35.5. The monoisotopic (exact) mass is 462 g/mol. The molecule has 30 heavy (non-hydrogen) atoms. The largest absolute Gasteiger partial charge is 0.396 e. The molecule has 0 radical (unpaired) electrons. The molecule has 3 N–H and O–H groups in total. The number of hydrogen-bond donors (Lipinski definition) is 2. The van der Waals surface area contributed by atoms with E-state index in [1.165, 1.54) is 6.92 Å². The standard InChI is InChI=1S/C20H23Cl2F3N4O/c1-11-17(13-4-3-5-14(21)16(13)22)28-15(10-30)18(27-11)29-8-6-19(7-9-29,12(2)26)20(23,24)25/h3-5,12,30H,6-10,26H2,1-2H3/t12-/m0/s1. The number of alkyl halides is 3. The first-order valence-electron chi connectivity index (χ1n) is 9.52. The minimum absolute atomic E-state index is 0.111. The summed E-state index contributed by atoms with van der Waals surface area (Å²) in [5.74, 6) is 0.373. The first kappa shape index (κ1) is 23.1. The van der Waals surface area contributed by atoms with Gasteiger partial charge in [0.1, 0.15) is 5.69 Å². The number of nitrogens with two attached hydrogens (primary N) is 1. The summed E-state index contributed by atoms with van der Waals surface area (Å²) in [6, 6.07) is 4.10. The Morgan fingerprint density at radius 3 is 2.40 bits per heavy atom. The molecule has 2 heterocycles. The molecule has 10 heteroatoms. The van der Waals surface area contributed by atoms with Gasteiger partial charge < -0.3 is 15.7 Å². The van der Waals surface area contributed by atoms with Crippen LogP contribution in [0.5, 0.6) is 0 Å². The summed E-state index contributed by atoms with van der Waals surface area (Å²) in [4.78, 5) is 10.8. The number of piperidine rings is 1. The van der Waals surface area contributed by atoms with E-state index in [0.29, 0.717) is 32.8 Å². The molecular formula is C20H23Cl2F3N4O. The lowest BCUT2D eigenvalue weighted by molar-refractivity contribution is -0.237. The van der Waals surface area contributed by atoms with Crippen LogP contribution in [0.4, 0.5) is 19.0 Å². The number of anilines is 1. The second kappa shape index (κ2) is 8.49. The summed E-state index contributed by atoms with van der Waals surface area (Å²) in [6.07, 6.45) is -4.69. The van der Waals surface area contributed by atoms with E-state index < -0.39 is 24.2 Å². The van der Waals surface area contributed by atoms with Gasteiger partial charge in [0.05, 0.1) is 33.5 Å². The van der Waals surface area contributed by atoms with Crippen LogP contribution in [0.15, 0.2) is 18.2 Å². The van der Waals surface area contributed by atoms with E-state index in [2.05, 4.69) is 9.97 Å². The summed E-state index contributed by atoms with van der Waals surface area (Å²) in [5, 5.41) is 10.5. The van der Waals surface area contributed by atoms with E-state index in [-0.39, 0.29) is 31.6 Å². The molecule has 1 atom stereocenters. The Balaban J connectivity index is 1.95. The summed E-state index contributed by atoms with van der Waals surface area (Å²) in [5.41, 5.74) is 5.64. The highest BCUT2D eigenvalue weighted by Crippen LogP contribution is 2.48. The molecule has 1 aromatic carbocycles. The van der Waals surface area contributed by atoms with Crippen molar-refractivity contribution >= 4 is 29.0 Å². The number of aryl methyl sites for hydroxylation is 1. The second-order valence-corrected chi connectivity index (χ2v) is 8.40. The molecule has 1 aromatic heterocycles. The zero-order valence-electron chi connectivity index (χ0n) is 16.6. The van der Waals surface area contributed by atoms with E-state index in [1.807, 2.05) is 0 Å². The molecule has 1 aliphatic heterocycles. The van der Waals surface area contributed by atoms with Gasteiger partial charge in [0.15, 0.2) is 5.82 Å². The number of halogens is 5. The lowest BCUT2D eigenvalue weighted by atomic mass is 9.72. The quantitative estimate of drug-likeness (QED) is 0.685. The molecular weight excluding hydrogens is 440 g/mol. The Labute approximate surface area is 183 Å². The molecule has 2 aromatic rings. The Hall–Kier alpha value is -1.61. The fraction of sp³-hybridized carbons (Fsp3) is 0.500. The third-order valence-corrected chi connectivity index (χ3v) is 6.69. The molecule has 1 aliphatic rings. The molecule has 3 rings (SSSR count). The van der Waals surface area contributed by atoms with Crippen LogP contribution in [0.2, 0.25) is 10.0 Å². The third-order valence-electron chi connectivity index (χ3n) is 5.87. The molecule has 0 amide bonds. The van der Waals surface area contributed by atoms with Gasteiger partial charge in [-0.2, -0.15) is 13.2 Å². The second-order valence-electron chi connectivity index (χ2n) is 7.62. The number of aliphatic hydroxyl groups excluding tert-OH is 1. The number of nitrogens with zero attached hydrogens (tertiary/aromatic N) is 3. The first-order chi connectivity index (χ1) is 14.0. The maximum atomic E-state index is 13.7. The maximum Gasteiger partial charge on any atom is 0.396 e. The van der Waals surface area contributed by atoms with Crippen LogP contribution < -0.4 is 10.6 Å². The molecule has 0 saturated carbocycles. The minimum Gasteiger partial charge on any atom is -0.390 e. The smallest absolute Gasteiger partial charge is 0.390 e. The van der Waals surface area contributed by atoms with E-state index in [9.17, 15) is 18.3 Å². The lowest BCUT2D eigenvalue weighted by Crippen LogP contribution is -2.56. The predicted octanol–water partition coefficient (Wildman–Crippen LogP) is 4.75. The molecule has 0 unspecified atom stereocenters. The Kier molecular flexibility index (Phi) is 6.53. The van der Waals surface area contributed by atoms with Crippen molar-refractivity contribution < 1.29 is 18.3 Å². The number of benzene rings is 1. The van der Waals surface area contributed by atoms with Crippen molar-refractivity contribution in [3.63, 3.8) is 0 Å². The van der Waals surface area contributed by atoms with Gasteiger partial charge in [0, 0.05) is 24.7 Å². The van der Waals surface area contributed by atoms with E-state index in [4.69, 9.17) is 28.9 Å².